The lowest BCUT2D eigenvalue weighted by Gasteiger charge is -2.48. The molecule has 3 N–H and O–H groups in total. The molecule has 1 saturated heterocycles. The molecule has 3 nitrogen and oxygen atoms in total. The molecule has 1 spiro atoms. The summed E-state index contributed by atoms with van der Waals surface area (Å²) >= 11 is 0. The molecule has 2 rings (SSSR count). The molecule has 0 amide bonds. The number of rotatable bonds is 3. The lowest BCUT2D eigenvalue weighted by atomic mass is 9.70. The SMILES string of the molecule is NNC(CC(F)(F)F)C1CCOC2(CCC2)C1. The van der Waals surface area contributed by atoms with Crippen LogP contribution < -0.4 is 11.3 Å². The van der Waals surface area contributed by atoms with E-state index in [1.807, 2.05) is 0 Å². The summed E-state index contributed by atoms with van der Waals surface area (Å²) < 4.78 is 42.9. The summed E-state index contributed by atoms with van der Waals surface area (Å²) in [6, 6.07) is -0.684. The normalized spacial score (nSPS) is 30.0. The Hall–Kier alpha value is -0.330. The van der Waals surface area contributed by atoms with Gasteiger partial charge in [-0.05, 0) is 38.0 Å². The maximum atomic E-state index is 12.4. The van der Waals surface area contributed by atoms with Crippen molar-refractivity contribution in [2.75, 3.05) is 6.61 Å². The number of nitrogens with one attached hydrogen (secondary N) is 1. The number of halogens is 3. The fraction of sp³-hybridized carbons (Fsp3) is 1.00. The average Bonchev–Trinajstić information content (AvgIpc) is 2.23. The third-order valence-corrected chi connectivity index (χ3v) is 4.03. The van der Waals surface area contributed by atoms with Crippen LogP contribution in [0.2, 0.25) is 0 Å². The zero-order chi connectivity index (χ0) is 12.5. The highest BCUT2D eigenvalue weighted by molar-refractivity contribution is 4.96. The Morgan fingerprint density at radius 1 is 1.41 bits per heavy atom. The fourth-order valence-corrected chi connectivity index (χ4v) is 2.94. The van der Waals surface area contributed by atoms with Crippen LogP contribution in [0.25, 0.3) is 0 Å². The number of hydrogen-bond donors (Lipinski definition) is 2. The van der Waals surface area contributed by atoms with Gasteiger partial charge in [0.05, 0.1) is 12.0 Å². The van der Waals surface area contributed by atoms with E-state index < -0.39 is 18.6 Å². The van der Waals surface area contributed by atoms with Crippen LogP contribution >= 0.6 is 0 Å². The van der Waals surface area contributed by atoms with Crippen LogP contribution in [0.1, 0.15) is 38.5 Å². The third kappa shape index (κ3) is 3.11. The van der Waals surface area contributed by atoms with Gasteiger partial charge < -0.3 is 4.74 Å². The van der Waals surface area contributed by atoms with Gasteiger partial charge >= 0.3 is 6.18 Å². The predicted molar refractivity (Wildman–Crippen MR) is 57.0 cm³/mol. The first-order valence-corrected chi connectivity index (χ1v) is 6.11. The van der Waals surface area contributed by atoms with Crippen molar-refractivity contribution in [1.29, 1.82) is 0 Å². The third-order valence-electron chi connectivity index (χ3n) is 4.03. The highest BCUT2D eigenvalue weighted by Gasteiger charge is 2.45. The maximum absolute atomic E-state index is 12.4. The van der Waals surface area contributed by atoms with E-state index in [1.54, 1.807) is 0 Å². The molecule has 1 aliphatic heterocycles. The molecule has 17 heavy (non-hydrogen) atoms. The van der Waals surface area contributed by atoms with Crippen LogP contribution in [-0.2, 0) is 4.74 Å². The van der Waals surface area contributed by atoms with Crippen molar-refractivity contribution in [1.82, 2.24) is 5.43 Å². The van der Waals surface area contributed by atoms with Gasteiger partial charge in [0, 0.05) is 12.6 Å². The van der Waals surface area contributed by atoms with Gasteiger partial charge in [-0.15, -0.1) is 0 Å². The molecule has 0 aromatic carbocycles. The van der Waals surface area contributed by atoms with Crippen molar-refractivity contribution >= 4 is 0 Å². The molecule has 1 aliphatic carbocycles. The monoisotopic (exact) mass is 252 g/mol. The first-order chi connectivity index (χ1) is 7.94. The molecule has 1 heterocycles. The summed E-state index contributed by atoms with van der Waals surface area (Å²) in [7, 11) is 0. The number of nitrogens with two attached hydrogens (primary N) is 1. The van der Waals surface area contributed by atoms with Gasteiger partial charge in [-0.1, -0.05) is 0 Å². The highest BCUT2D eigenvalue weighted by Crippen LogP contribution is 2.45. The van der Waals surface area contributed by atoms with Crippen LogP contribution in [0.5, 0.6) is 0 Å². The average molecular weight is 252 g/mol. The summed E-state index contributed by atoms with van der Waals surface area (Å²) in [5.41, 5.74) is 2.20. The molecule has 2 unspecified atom stereocenters. The van der Waals surface area contributed by atoms with E-state index in [4.69, 9.17) is 10.6 Å². The van der Waals surface area contributed by atoms with E-state index in [-0.39, 0.29) is 11.5 Å². The Kier molecular flexibility index (Phi) is 3.66. The Morgan fingerprint density at radius 3 is 2.59 bits per heavy atom. The van der Waals surface area contributed by atoms with Gasteiger partial charge in [0.25, 0.3) is 0 Å². The van der Waals surface area contributed by atoms with Gasteiger partial charge in [-0.3, -0.25) is 11.3 Å². The minimum atomic E-state index is -4.16. The number of alkyl halides is 3. The van der Waals surface area contributed by atoms with Crippen LogP contribution in [0.4, 0.5) is 13.2 Å². The van der Waals surface area contributed by atoms with E-state index >= 15 is 0 Å². The quantitative estimate of drug-likeness (QED) is 0.597. The Balaban J connectivity index is 1.94. The topological polar surface area (TPSA) is 47.3 Å². The first kappa shape index (κ1) is 13.1. The number of hydrazine groups is 1. The molecule has 6 heteroatoms. The standard InChI is InChI=1S/C11H19F3N2O/c12-11(13,14)7-9(16-15)8-2-5-17-10(6-8)3-1-4-10/h8-9,16H,1-7,15H2. The minimum absolute atomic E-state index is 0.0318. The van der Waals surface area contributed by atoms with Crippen molar-refractivity contribution in [2.45, 2.75) is 56.3 Å². The zero-order valence-electron chi connectivity index (χ0n) is 9.72. The molecule has 100 valence electrons. The van der Waals surface area contributed by atoms with Crippen molar-refractivity contribution in [2.24, 2.45) is 11.8 Å². The molecule has 0 aromatic heterocycles. The van der Waals surface area contributed by atoms with Crippen LogP contribution in [-0.4, -0.2) is 24.4 Å². The van der Waals surface area contributed by atoms with E-state index in [0.717, 1.165) is 19.3 Å². The molecule has 2 aliphatic rings. The van der Waals surface area contributed by atoms with Crippen LogP contribution in [0.3, 0.4) is 0 Å². The molecule has 1 saturated carbocycles. The smallest absolute Gasteiger partial charge is 0.375 e. The number of ether oxygens (including phenoxy) is 1. The molecule has 0 radical (unpaired) electrons. The zero-order valence-corrected chi connectivity index (χ0v) is 9.72. The first-order valence-electron chi connectivity index (χ1n) is 6.11. The molecule has 0 bridgehead atoms. The molecular formula is C11H19F3N2O. The fourth-order valence-electron chi connectivity index (χ4n) is 2.94. The second kappa shape index (κ2) is 4.74. The Labute approximate surface area is 98.8 Å². The van der Waals surface area contributed by atoms with Crippen molar-refractivity contribution < 1.29 is 17.9 Å². The van der Waals surface area contributed by atoms with Crippen molar-refractivity contribution in [3.05, 3.63) is 0 Å². The van der Waals surface area contributed by atoms with Gasteiger partial charge in [0.15, 0.2) is 0 Å². The van der Waals surface area contributed by atoms with Gasteiger partial charge in [-0.2, -0.15) is 13.2 Å². The van der Waals surface area contributed by atoms with Gasteiger partial charge in [0.1, 0.15) is 0 Å². The Morgan fingerprint density at radius 2 is 2.12 bits per heavy atom. The van der Waals surface area contributed by atoms with Gasteiger partial charge in [-0.25, -0.2) is 0 Å². The summed E-state index contributed by atoms with van der Waals surface area (Å²) in [6.07, 6.45) is -0.580. The highest BCUT2D eigenvalue weighted by atomic mass is 19.4. The summed E-state index contributed by atoms with van der Waals surface area (Å²) in [5, 5.41) is 0. The van der Waals surface area contributed by atoms with Crippen LogP contribution in [0, 0.1) is 5.92 Å². The minimum Gasteiger partial charge on any atom is -0.375 e. The van der Waals surface area contributed by atoms with Gasteiger partial charge in [0.2, 0.25) is 0 Å². The second-order valence-electron chi connectivity index (χ2n) is 5.23. The largest absolute Gasteiger partial charge is 0.390 e. The van der Waals surface area contributed by atoms with E-state index in [0.29, 0.717) is 19.4 Å². The Bertz CT molecular complexity index is 266. The predicted octanol–water partition coefficient (Wildman–Crippen LogP) is 2.12. The number of hydrogen-bond acceptors (Lipinski definition) is 3. The second-order valence-corrected chi connectivity index (χ2v) is 5.23. The molecule has 0 aromatic rings. The molecule has 2 fully saturated rings. The molecule has 2 atom stereocenters. The lowest BCUT2D eigenvalue weighted by molar-refractivity contribution is -0.166. The van der Waals surface area contributed by atoms with Crippen molar-refractivity contribution in [3.63, 3.8) is 0 Å². The van der Waals surface area contributed by atoms with E-state index in [1.165, 1.54) is 0 Å². The molecular weight excluding hydrogens is 233 g/mol. The van der Waals surface area contributed by atoms with E-state index in [2.05, 4.69) is 5.43 Å². The van der Waals surface area contributed by atoms with E-state index in [9.17, 15) is 13.2 Å². The summed E-state index contributed by atoms with van der Waals surface area (Å²) in [4.78, 5) is 0. The summed E-state index contributed by atoms with van der Waals surface area (Å²) in [5.74, 6) is 5.24. The lowest BCUT2D eigenvalue weighted by Crippen LogP contribution is -2.52. The summed E-state index contributed by atoms with van der Waals surface area (Å²) in [6.45, 7) is 0.556. The maximum Gasteiger partial charge on any atom is 0.390 e. The van der Waals surface area contributed by atoms with Crippen molar-refractivity contribution in [3.8, 4) is 0 Å². The van der Waals surface area contributed by atoms with Crippen LogP contribution in [0.15, 0.2) is 0 Å².